The number of pyridine rings is 1. The zero-order valence-corrected chi connectivity index (χ0v) is 22.2. The maximum Gasteiger partial charge on any atom is 0.452 e. The molecule has 0 unspecified atom stereocenters. The Morgan fingerprint density at radius 3 is 2.27 bits per heavy atom. The molecule has 4 rings (SSSR count). The van der Waals surface area contributed by atoms with E-state index in [1.165, 1.54) is 48.7 Å². The lowest BCUT2D eigenvalue weighted by Crippen LogP contribution is -2.44. The SMILES string of the molecule is CC(C)[C@H](NC(=O)c1ccc(-c2ccc(NC(=O)c3nc(-c4ccccc4)oc3C(F)(F)F)cn2)c(Cl)c1)C(=O)O. The van der Waals surface area contributed by atoms with E-state index in [0.717, 1.165) is 0 Å². The van der Waals surface area contributed by atoms with Gasteiger partial charge in [-0.15, -0.1) is 0 Å². The highest BCUT2D eigenvalue weighted by Gasteiger charge is 2.42. The number of halogens is 4. The zero-order chi connectivity index (χ0) is 29.9. The first-order valence-corrected chi connectivity index (χ1v) is 12.5. The van der Waals surface area contributed by atoms with E-state index in [1.807, 2.05) is 0 Å². The number of amides is 2. The van der Waals surface area contributed by atoms with Gasteiger partial charge in [0.25, 0.3) is 11.8 Å². The van der Waals surface area contributed by atoms with Gasteiger partial charge in [0.1, 0.15) is 6.04 Å². The van der Waals surface area contributed by atoms with E-state index in [1.54, 1.807) is 32.0 Å². The maximum atomic E-state index is 13.6. The van der Waals surface area contributed by atoms with Gasteiger partial charge >= 0.3 is 12.1 Å². The lowest BCUT2D eigenvalue weighted by atomic mass is 10.0. The summed E-state index contributed by atoms with van der Waals surface area (Å²) in [5.74, 6) is -5.16. The average Bonchev–Trinajstić information content (AvgIpc) is 3.39. The van der Waals surface area contributed by atoms with E-state index in [0.29, 0.717) is 11.3 Å². The van der Waals surface area contributed by atoms with Crippen molar-refractivity contribution in [3.63, 3.8) is 0 Å². The van der Waals surface area contributed by atoms with Crippen LogP contribution in [0, 0.1) is 5.92 Å². The van der Waals surface area contributed by atoms with Crippen LogP contribution >= 0.6 is 11.6 Å². The summed E-state index contributed by atoms with van der Waals surface area (Å²) in [5, 5.41) is 14.2. The van der Waals surface area contributed by atoms with Gasteiger partial charge in [-0.1, -0.05) is 49.7 Å². The normalized spacial score (nSPS) is 12.2. The van der Waals surface area contributed by atoms with Gasteiger partial charge in [0, 0.05) is 16.7 Å². The Morgan fingerprint density at radius 1 is 1.00 bits per heavy atom. The number of nitrogens with zero attached hydrogens (tertiary/aromatic N) is 2. The third-order valence-corrected chi connectivity index (χ3v) is 6.18. The number of aromatic nitrogens is 2. The smallest absolute Gasteiger partial charge is 0.452 e. The molecule has 2 aromatic carbocycles. The second-order valence-electron chi connectivity index (χ2n) is 9.17. The Balaban J connectivity index is 1.51. The molecule has 0 aliphatic carbocycles. The first-order valence-electron chi connectivity index (χ1n) is 12.1. The largest absolute Gasteiger partial charge is 0.480 e. The van der Waals surface area contributed by atoms with E-state index in [-0.39, 0.29) is 33.6 Å². The second kappa shape index (κ2) is 11.8. The fraction of sp³-hybridized carbons (Fsp3) is 0.179. The molecule has 0 spiro atoms. The molecule has 2 heterocycles. The molecular weight excluding hydrogens is 565 g/mol. The number of carboxylic acids is 1. The van der Waals surface area contributed by atoms with Crippen LogP contribution in [0.15, 0.2) is 71.3 Å². The van der Waals surface area contributed by atoms with Crippen molar-refractivity contribution < 1.29 is 37.1 Å². The number of benzene rings is 2. The van der Waals surface area contributed by atoms with E-state index in [9.17, 15) is 32.7 Å². The molecule has 0 fully saturated rings. The van der Waals surface area contributed by atoms with Crippen molar-refractivity contribution in [1.29, 1.82) is 0 Å². The third kappa shape index (κ3) is 6.72. The summed E-state index contributed by atoms with van der Waals surface area (Å²) in [6.07, 6.45) is -3.74. The number of hydrogen-bond donors (Lipinski definition) is 3. The lowest BCUT2D eigenvalue weighted by molar-refractivity contribution is -0.153. The topological polar surface area (TPSA) is 134 Å². The molecule has 2 aromatic heterocycles. The molecule has 0 saturated carbocycles. The fourth-order valence-electron chi connectivity index (χ4n) is 3.79. The Morgan fingerprint density at radius 2 is 1.71 bits per heavy atom. The van der Waals surface area contributed by atoms with Gasteiger partial charge < -0.3 is 20.2 Å². The highest BCUT2D eigenvalue weighted by molar-refractivity contribution is 6.33. The monoisotopic (exact) mass is 586 g/mol. The molecule has 1 atom stereocenters. The Bertz CT molecular complexity index is 1590. The number of aliphatic carboxylic acids is 1. The Kier molecular flexibility index (Phi) is 8.43. The molecule has 0 aliphatic rings. The van der Waals surface area contributed by atoms with E-state index < -0.39 is 41.5 Å². The van der Waals surface area contributed by atoms with Crippen LogP contribution in [0.25, 0.3) is 22.7 Å². The maximum absolute atomic E-state index is 13.6. The highest BCUT2D eigenvalue weighted by atomic mass is 35.5. The first kappa shape index (κ1) is 29.3. The summed E-state index contributed by atoms with van der Waals surface area (Å²) in [6.45, 7) is 3.32. The number of nitrogens with one attached hydrogen (secondary N) is 2. The number of rotatable bonds is 8. The van der Waals surface area contributed by atoms with Crippen molar-refractivity contribution in [1.82, 2.24) is 15.3 Å². The van der Waals surface area contributed by atoms with Crippen molar-refractivity contribution in [3.8, 4) is 22.7 Å². The minimum absolute atomic E-state index is 0.0802. The van der Waals surface area contributed by atoms with Gasteiger partial charge in [0.05, 0.1) is 22.6 Å². The molecule has 0 saturated heterocycles. The summed E-state index contributed by atoms with van der Waals surface area (Å²) in [5.41, 5.74) is 0.316. The van der Waals surface area contributed by atoms with Crippen LogP contribution < -0.4 is 10.6 Å². The summed E-state index contributed by atoms with van der Waals surface area (Å²) in [4.78, 5) is 44.6. The van der Waals surface area contributed by atoms with Crippen molar-refractivity contribution >= 4 is 35.1 Å². The number of carbonyl (C=O) groups is 3. The molecular formula is C28H22ClF3N4O5. The zero-order valence-electron chi connectivity index (χ0n) is 21.5. The molecule has 4 aromatic rings. The minimum atomic E-state index is -4.96. The highest BCUT2D eigenvalue weighted by Crippen LogP contribution is 2.36. The summed E-state index contributed by atoms with van der Waals surface area (Å²) in [7, 11) is 0. The molecule has 41 heavy (non-hydrogen) atoms. The number of carbonyl (C=O) groups excluding carboxylic acids is 2. The van der Waals surface area contributed by atoms with Gasteiger partial charge in [0.2, 0.25) is 11.7 Å². The third-order valence-electron chi connectivity index (χ3n) is 5.87. The molecule has 0 aliphatic heterocycles. The Hall–Kier alpha value is -4.71. The number of alkyl halides is 3. The van der Waals surface area contributed by atoms with E-state index in [4.69, 9.17) is 16.0 Å². The van der Waals surface area contributed by atoms with E-state index >= 15 is 0 Å². The number of hydrogen-bond acceptors (Lipinski definition) is 6. The number of anilines is 1. The molecule has 2 amide bonds. The predicted octanol–water partition coefficient (Wildman–Crippen LogP) is 6.17. The summed E-state index contributed by atoms with van der Waals surface area (Å²) >= 11 is 6.36. The first-order chi connectivity index (χ1) is 19.3. The fourth-order valence-corrected chi connectivity index (χ4v) is 4.07. The predicted molar refractivity (Wildman–Crippen MR) is 143 cm³/mol. The molecule has 0 bridgehead atoms. The lowest BCUT2D eigenvalue weighted by Gasteiger charge is -2.18. The average molecular weight is 587 g/mol. The number of oxazole rings is 1. The van der Waals surface area contributed by atoms with Crippen LogP contribution in [0.5, 0.6) is 0 Å². The van der Waals surface area contributed by atoms with Crippen LogP contribution in [-0.2, 0) is 11.0 Å². The van der Waals surface area contributed by atoms with Gasteiger partial charge in [0.15, 0.2) is 5.69 Å². The van der Waals surface area contributed by atoms with Crippen molar-refractivity contribution in [2.45, 2.75) is 26.1 Å². The molecule has 3 N–H and O–H groups in total. The van der Waals surface area contributed by atoms with E-state index in [2.05, 4.69) is 20.6 Å². The molecule has 0 radical (unpaired) electrons. The van der Waals surface area contributed by atoms with Crippen molar-refractivity contribution in [2.24, 2.45) is 5.92 Å². The van der Waals surface area contributed by atoms with Gasteiger partial charge in [-0.05, 0) is 42.3 Å². The van der Waals surface area contributed by atoms with Gasteiger partial charge in [-0.25, -0.2) is 9.78 Å². The Labute approximate surface area is 236 Å². The van der Waals surface area contributed by atoms with Gasteiger partial charge in [-0.3, -0.25) is 14.6 Å². The molecule has 9 nitrogen and oxygen atoms in total. The molecule has 212 valence electrons. The van der Waals surface area contributed by atoms with Crippen molar-refractivity contribution in [3.05, 3.63) is 88.9 Å². The standard InChI is InChI=1S/C28H22ClF3N4O5/c1-14(2)21(27(39)40)35-24(37)16-8-10-18(19(29)12-16)20-11-9-17(13-33-20)34-25(38)22-23(28(30,31)32)41-26(36-22)15-6-4-3-5-7-15/h3-14,21H,1-2H3,(H,34,38)(H,35,37)(H,39,40)/t21-/m0/s1. The number of carboxylic acid groups (broad SMARTS) is 1. The van der Waals surface area contributed by atoms with Crippen LogP contribution in [0.3, 0.4) is 0 Å². The summed E-state index contributed by atoms with van der Waals surface area (Å²) in [6, 6.07) is 14.0. The minimum Gasteiger partial charge on any atom is -0.480 e. The van der Waals surface area contributed by atoms with Crippen LogP contribution in [0.4, 0.5) is 18.9 Å². The summed E-state index contributed by atoms with van der Waals surface area (Å²) < 4.78 is 45.6. The quantitative estimate of drug-likeness (QED) is 0.225. The van der Waals surface area contributed by atoms with Gasteiger partial charge in [-0.2, -0.15) is 13.2 Å². The van der Waals surface area contributed by atoms with Crippen molar-refractivity contribution in [2.75, 3.05) is 5.32 Å². The van der Waals surface area contributed by atoms with Crippen LogP contribution in [0.1, 0.15) is 40.5 Å². The van der Waals surface area contributed by atoms with Crippen LogP contribution in [-0.4, -0.2) is 38.9 Å². The molecule has 13 heteroatoms. The second-order valence-corrected chi connectivity index (χ2v) is 9.58. The van der Waals surface area contributed by atoms with Crippen LogP contribution in [0.2, 0.25) is 5.02 Å².